The molecule has 0 bridgehead atoms. The molecule has 0 atom stereocenters. The number of halogens is 2. The first-order valence-electron chi connectivity index (χ1n) is 16.2. The third kappa shape index (κ3) is 8.31. The average molecular weight is 729 g/mol. The van der Waals surface area contributed by atoms with Gasteiger partial charge in [0.2, 0.25) is 16.6 Å². The van der Waals surface area contributed by atoms with Crippen LogP contribution in [0.3, 0.4) is 0 Å². The first kappa shape index (κ1) is 40.2. The van der Waals surface area contributed by atoms with Gasteiger partial charge in [-0.2, -0.15) is 34.4 Å². The predicted octanol–water partition coefficient (Wildman–Crippen LogP) is 4.81. The van der Waals surface area contributed by atoms with E-state index in [-0.39, 0.29) is 61.1 Å². The molecule has 42 heavy (non-hydrogen) atoms. The Balaban J connectivity index is 0.00000294. The molecule has 0 amide bonds. The second-order valence-electron chi connectivity index (χ2n) is 15.1. The van der Waals surface area contributed by atoms with E-state index in [1.807, 2.05) is 0 Å². The summed E-state index contributed by atoms with van der Waals surface area (Å²) in [5, 5.41) is 0.484. The van der Waals surface area contributed by atoms with Gasteiger partial charge < -0.3 is 33.7 Å². The Morgan fingerprint density at radius 1 is 0.619 bits per heavy atom. The Bertz CT molecular complexity index is 1060. The van der Waals surface area contributed by atoms with Crippen molar-refractivity contribution in [2.45, 2.75) is 161 Å². The zero-order chi connectivity index (χ0) is 28.6. The summed E-state index contributed by atoms with van der Waals surface area (Å²) in [6.45, 7) is 24.2. The summed E-state index contributed by atoms with van der Waals surface area (Å²) < 4.78 is 14.6. The van der Waals surface area contributed by atoms with E-state index in [2.05, 4.69) is 79.9 Å². The molecule has 0 unspecified atom stereocenters. The van der Waals surface area contributed by atoms with Crippen LogP contribution in [-0.4, -0.2) is 16.6 Å². The smallest absolute Gasteiger partial charge is 1.00 e. The van der Waals surface area contributed by atoms with Crippen LogP contribution in [0, 0.1) is 0 Å². The molecule has 0 aromatic heterocycles. The molecule has 2 nitrogen and oxygen atoms in total. The van der Waals surface area contributed by atoms with Crippen molar-refractivity contribution in [1.29, 1.82) is 0 Å². The molecule has 2 aliphatic rings. The van der Waals surface area contributed by atoms with Crippen molar-refractivity contribution in [2.24, 2.45) is 0 Å². The maximum atomic E-state index is 7.30. The minimum atomic E-state index is -1.98. The fourth-order valence-electron chi connectivity index (χ4n) is 6.99. The molecular formula is C35H58Cl2O2Si2Zr. The Hall–Kier alpha value is 0.197. The van der Waals surface area contributed by atoms with Crippen molar-refractivity contribution >= 4 is 16.6 Å². The SMILES string of the molecule is CCCC(C)(C)[Si](C)(C)Oc1c(Cc2[cH-]c3c(c2O[Si](C)(C)C(C)(C)CCC)CCCC3)[cH-]c2c1CCCC2.[Cl-].[Cl-].[Zr+4]. The predicted molar refractivity (Wildman–Crippen MR) is 174 cm³/mol. The number of fused-ring (bicyclic) bond motifs is 2. The molecule has 0 fully saturated rings. The summed E-state index contributed by atoms with van der Waals surface area (Å²) in [7, 11) is -3.97. The zero-order valence-electron chi connectivity index (χ0n) is 28.4. The normalized spacial score (nSPS) is 15.5. The van der Waals surface area contributed by atoms with Gasteiger partial charge in [-0.1, -0.05) is 106 Å². The molecule has 0 N–H and O–H groups in total. The summed E-state index contributed by atoms with van der Waals surface area (Å²) >= 11 is 0. The van der Waals surface area contributed by atoms with Crippen LogP contribution in [0.15, 0.2) is 12.1 Å². The molecular weight excluding hydrogens is 671 g/mol. The maximum Gasteiger partial charge on any atom is 4.00 e. The second-order valence-corrected chi connectivity index (χ2v) is 24.2. The van der Waals surface area contributed by atoms with Gasteiger partial charge in [-0.25, -0.2) is 0 Å². The fraction of sp³-hybridized carbons (Fsp3) is 0.714. The van der Waals surface area contributed by atoms with Gasteiger partial charge in [0.05, 0.1) is 0 Å². The van der Waals surface area contributed by atoms with Gasteiger partial charge in [0.25, 0.3) is 0 Å². The molecule has 2 aliphatic carbocycles. The average Bonchev–Trinajstić information content (AvgIpc) is 3.36. The van der Waals surface area contributed by atoms with Gasteiger partial charge in [-0.3, -0.25) is 0 Å². The molecule has 2 aromatic rings. The number of rotatable bonds is 12. The Morgan fingerprint density at radius 3 is 1.29 bits per heavy atom. The third-order valence-corrected chi connectivity index (χ3v) is 19.4. The van der Waals surface area contributed by atoms with Gasteiger partial charge in [-0.05, 0) is 67.0 Å². The summed E-state index contributed by atoms with van der Waals surface area (Å²) in [5.74, 6) is 2.52. The molecule has 0 radical (unpaired) electrons. The number of hydrogen-bond acceptors (Lipinski definition) is 2. The van der Waals surface area contributed by atoms with Gasteiger partial charge >= 0.3 is 26.2 Å². The van der Waals surface area contributed by atoms with Crippen LogP contribution in [0.2, 0.25) is 36.3 Å². The van der Waals surface area contributed by atoms with Crippen LogP contribution in [-0.2, 0) is 58.3 Å². The van der Waals surface area contributed by atoms with Crippen LogP contribution in [0.5, 0.6) is 11.5 Å². The standard InChI is InChI=1S/C35H58O2Si2.2ClH.Zr/c1-11-21-34(3,4)38(7,8)36-32-28(23-26-17-13-15-19-30(26)32)25-29-24-27-18-14-16-20-31(27)33(29)37-39(9,10)35(5,6)22-12-2;;;/h23-24H,11-22,25H2,1-10H3;2*1H;/q-2;;;+4/p-2. The van der Waals surface area contributed by atoms with E-state index in [9.17, 15) is 0 Å². The summed E-state index contributed by atoms with van der Waals surface area (Å²) in [6.07, 6.45) is 15.8. The van der Waals surface area contributed by atoms with Gasteiger partial charge in [0.1, 0.15) is 0 Å². The van der Waals surface area contributed by atoms with Crippen LogP contribution in [0.4, 0.5) is 0 Å². The van der Waals surface area contributed by atoms with Crippen LogP contribution in [0.1, 0.15) is 126 Å². The third-order valence-electron chi connectivity index (χ3n) is 11.0. The Morgan fingerprint density at radius 2 is 0.952 bits per heavy atom. The van der Waals surface area contributed by atoms with E-state index >= 15 is 0 Å². The summed E-state index contributed by atoms with van der Waals surface area (Å²) in [5.41, 5.74) is 9.02. The molecule has 2 aromatic carbocycles. The zero-order valence-corrected chi connectivity index (χ0v) is 34.4. The summed E-state index contributed by atoms with van der Waals surface area (Å²) in [4.78, 5) is 0. The van der Waals surface area contributed by atoms with Crippen molar-refractivity contribution in [3.63, 3.8) is 0 Å². The minimum Gasteiger partial charge on any atom is -1.00 e. The van der Waals surface area contributed by atoms with Gasteiger partial charge in [-0.15, -0.1) is 11.1 Å². The van der Waals surface area contributed by atoms with E-state index in [1.54, 1.807) is 11.1 Å². The van der Waals surface area contributed by atoms with Crippen molar-refractivity contribution in [1.82, 2.24) is 0 Å². The Kier molecular flexibility index (Phi) is 15.0. The number of hydrogen-bond donors (Lipinski definition) is 0. The van der Waals surface area contributed by atoms with Crippen LogP contribution >= 0.6 is 0 Å². The van der Waals surface area contributed by atoms with Crippen molar-refractivity contribution < 1.29 is 59.9 Å². The minimum absolute atomic E-state index is 0. The fourth-order valence-corrected chi connectivity index (χ4v) is 10.8. The molecule has 236 valence electrons. The molecule has 4 rings (SSSR count). The van der Waals surface area contributed by atoms with Crippen LogP contribution < -0.4 is 33.7 Å². The Labute approximate surface area is 292 Å². The van der Waals surface area contributed by atoms with Gasteiger partial charge in [0.15, 0.2) is 0 Å². The first-order chi connectivity index (χ1) is 18.2. The first-order valence-corrected chi connectivity index (χ1v) is 22.0. The van der Waals surface area contributed by atoms with E-state index in [1.165, 1.54) is 111 Å². The van der Waals surface area contributed by atoms with Gasteiger partial charge in [0, 0.05) is 0 Å². The van der Waals surface area contributed by atoms with E-state index in [0.29, 0.717) is 0 Å². The monoisotopic (exact) mass is 726 g/mol. The molecule has 0 saturated heterocycles. The van der Waals surface area contributed by atoms with E-state index in [0.717, 1.165) is 6.42 Å². The molecule has 0 heterocycles. The second kappa shape index (κ2) is 15.7. The molecule has 0 spiro atoms. The molecule has 0 aliphatic heterocycles. The molecule has 0 saturated carbocycles. The van der Waals surface area contributed by atoms with Crippen molar-refractivity contribution in [2.75, 3.05) is 0 Å². The summed E-state index contributed by atoms with van der Waals surface area (Å²) in [6, 6.07) is 5.06. The quantitative estimate of drug-likeness (QED) is 0.231. The maximum absolute atomic E-state index is 7.30. The van der Waals surface area contributed by atoms with E-state index < -0.39 is 16.6 Å². The van der Waals surface area contributed by atoms with E-state index in [4.69, 9.17) is 8.85 Å². The topological polar surface area (TPSA) is 18.5 Å². The van der Waals surface area contributed by atoms with Crippen molar-refractivity contribution in [3.05, 3.63) is 45.5 Å². The number of aryl methyl sites for hydroxylation is 2. The molecule has 7 heteroatoms. The van der Waals surface area contributed by atoms with Crippen LogP contribution in [0.25, 0.3) is 0 Å². The largest absolute Gasteiger partial charge is 4.00 e. The van der Waals surface area contributed by atoms with Crippen molar-refractivity contribution in [3.8, 4) is 11.5 Å².